The van der Waals surface area contributed by atoms with Gasteiger partial charge in [-0.25, -0.2) is 0 Å². The van der Waals surface area contributed by atoms with Crippen molar-refractivity contribution in [3.63, 3.8) is 0 Å². The molecule has 1 aromatic carbocycles. The fraction of sp³-hybridized carbons (Fsp3) is 0.667. The van der Waals surface area contributed by atoms with Crippen LogP contribution in [-0.4, -0.2) is 19.2 Å². The molecule has 0 amide bonds. The molecule has 0 spiro atoms. The molecule has 0 bridgehead atoms. The Balaban J connectivity index is 2.40. The van der Waals surface area contributed by atoms with E-state index < -0.39 is 0 Å². The molecule has 1 aromatic rings. The lowest BCUT2D eigenvalue weighted by Crippen LogP contribution is -2.37. The van der Waals surface area contributed by atoms with Crippen LogP contribution >= 0.6 is 0 Å². The molecule has 0 atom stereocenters. The zero-order valence-electron chi connectivity index (χ0n) is 13.8. The van der Waals surface area contributed by atoms with Gasteiger partial charge in [0.1, 0.15) is 5.75 Å². The first-order valence-electron chi connectivity index (χ1n) is 7.88. The molecule has 0 aliphatic heterocycles. The summed E-state index contributed by atoms with van der Waals surface area (Å²) < 4.78 is 5.92. The molecule has 0 fully saturated rings. The molecule has 0 aliphatic carbocycles. The molecular weight excluding hydrogens is 246 g/mol. The van der Waals surface area contributed by atoms with E-state index in [0.29, 0.717) is 6.04 Å². The van der Waals surface area contributed by atoms with Crippen molar-refractivity contribution < 1.29 is 4.74 Å². The third kappa shape index (κ3) is 6.95. The Bertz CT molecular complexity index is 368. The van der Waals surface area contributed by atoms with Gasteiger partial charge in [-0.05, 0) is 30.5 Å². The van der Waals surface area contributed by atoms with Gasteiger partial charge in [0.2, 0.25) is 0 Å². The summed E-state index contributed by atoms with van der Waals surface area (Å²) in [6.07, 6.45) is 3.67. The zero-order chi connectivity index (χ0) is 15.0. The number of hydrogen-bond donors (Lipinski definition) is 1. The minimum absolute atomic E-state index is 0.144. The molecule has 0 aromatic heterocycles. The van der Waals surface area contributed by atoms with Crippen LogP contribution in [-0.2, 0) is 6.42 Å². The van der Waals surface area contributed by atoms with Crippen LogP contribution in [0.1, 0.15) is 53.0 Å². The second kappa shape index (κ2) is 8.31. The average molecular weight is 277 g/mol. The molecule has 0 saturated carbocycles. The van der Waals surface area contributed by atoms with Gasteiger partial charge in [-0.1, -0.05) is 53.2 Å². The highest BCUT2D eigenvalue weighted by atomic mass is 16.5. The first-order chi connectivity index (χ1) is 9.43. The summed E-state index contributed by atoms with van der Waals surface area (Å²) in [5.74, 6) is 0.975. The van der Waals surface area contributed by atoms with E-state index in [1.54, 1.807) is 0 Å². The van der Waals surface area contributed by atoms with Gasteiger partial charge in [-0.2, -0.15) is 0 Å². The Hall–Kier alpha value is -1.02. The summed E-state index contributed by atoms with van der Waals surface area (Å²) in [5.41, 5.74) is 1.55. The maximum atomic E-state index is 5.92. The molecule has 0 aliphatic rings. The van der Waals surface area contributed by atoms with Gasteiger partial charge in [0, 0.05) is 18.0 Å². The van der Waals surface area contributed by atoms with Crippen molar-refractivity contribution in [2.75, 3.05) is 13.2 Å². The lowest BCUT2D eigenvalue weighted by atomic mass is 9.94. The van der Waals surface area contributed by atoms with Gasteiger partial charge in [0.05, 0.1) is 6.61 Å². The number of hydrogen-bond acceptors (Lipinski definition) is 2. The van der Waals surface area contributed by atoms with E-state index in [1.807, 2.05) is 0 Å². The fourth-order valence-corrected chi connectivity index (χ4v) is 1.94. The van der Waals surface area contributed by atoms with Crippen LogP contribution in [0.25, 0.3) is 0 Å². The molecule has 1 rings (SSSR count). The van der Waals surface area contributed by atoms with Crippen LogP contribution in [0.4, 0.5) is 0 Å². The van der Waals surface area contributed by atoms with Crippen molar-refractivity contribution in [2.45, 2.75) is 59.9 Å². The molecule has 0 unspecified atom stereocenters. The van der Waals surface area contributed by atoms with Gasteiger partial charge in [-0.15, -0.1) is 0 Å². The molecular formula is C18H31NO. The van der Waals surface area contributed by atoms with Crippen LogP contribution in [0.5, 0.6) is 5.75 Å². The molecule has 114 valence electrons. The Morgan fingerprint density at radius 3 is 2.35 bits per heavy atom. The lowest BCUT2D eigenvalue weighted by Gasteiger charge is -2.26. The summed E-state index contributed by atoms with van der Waals surface area (Å²) in [5, 5.41) is 3.47. The number of nitrogens with one attached hydrogen (secondary N) is 1. The summed E-state index contributed by atoms with van der Waals surface area (Å²) in [7, 11) is 0. The number of unbranched alkanes of at least 4 members (excludes halogenated alkanes) is 1. The number of rotatable bonds is 9. The van der Waals surface area contributed by atoms with Gasteiger partial charge >= 0.3 is 0 Å². The third-order valence-electron chi connectivity index (χ3n) is 3.36. The van der Waals surface area contributed by atoms with Crippen LogP contribution in [0.15, 0.2) is 24.3 Å². The van der Waals surface area contributed by atoms with Crippen LogP contribution in [0, 0.1) is 5.41 Å². The molecule has 0 heterocycles. The van der Waals surface area contributed by atoms with Gasteiger partial charge < -0.3 is 10.1 Å². The van der Waals surface area contributed by atoms with Crippen molar-refractivity contribution in [3.8, 4) is 5.75 Å². The molecule has 0 radical (unpaired) electrons. The van der Waals surface area contributed by atoms with Crippen molar-refractivity contribution in [3.05, 3.63) is 29.8 Å². The van der Waals surface area contributed by atoms with Crippen LogP contribution in [0.2, 0.25) is 0 Å². The highest BCUT2D eigenvalue weighted by molar-refractivity contribution is 5.27. The summed E-state index contributed by atoms with van der Waals surface area (Å²) >= 11 is 0. The fourth-order valence-electron chi connectivity index (χ4n) is 1.94. The van der Waals surface area contributed by atoms with Crippen molar-refractivity contribution in [1.82, 2.24) is 5.32 Å². The maximum Gasteiger partial charge on any atom is 0.119 e. The quantitative estimate of drug-likeness (QED) is 0.721. The van der Waals surface area contributed by atoms with E-state index in [4.69, 9.17) is 4.74 Å². The van der Waals surface area contributed by atoms with Gasteiger partial charge in [0.15, 0.2) is 0 Å². The van der Waals surface area contributed by atoms with Crippen LogP contribution in [0.3, 0.4) is 0 Å². The number of benzene rings is 1. The molecule has 2 heteroatoms. The Labute approximate surface area is 124 Å². The minimum Gasteiger partial charge on any atom is -0.493 e. The largest absolute Gasteiger partial charge is 0.493 e. The zero-order valence-corrected chi connectivity index (χ0v) is 13.8. The highest BCUT2D eigenvalue weighted by Gasteiger charge is 2.19. The van der Waals surface area contributed by atoms with E-state index in [1.165, 1.54) is 24.8 Å². The van der Waals surface area contributed by atoms with Crippen molar-refractivity contribution >= 4 is 0 Å². The average Bonchev–Trinajstić information content (AvgIpc) is 2.42. The summed E-state index contributed by atoms with van der Waals surface area (Å²) in [4.78, 5) is 0. The molecule has 1 N–H and O–H groups in total. The Kier molecular flexibility index (Phi) is 7.08. The highest BCUT2D eigenvalue weighted by Crippen LogP contribution is 2.19. The minimum atomic E-state index is 0.144. The van der Waals surface area contributed by atoms with Gasteiger partial charge in [0.25, 0.3) is 0 Å². The van der Waals surface area contributed by atoms with Crippen molar-refractivity contribution in [2.24, 2.45) is 5.41 Å². The monoisotopic (exact) mass is 277 g/mol. The lowest BCUT2D eigenvalue weighted by molar-refractivity contribution is 0.173. The first-order valence-corrected chi connectivity index (χ1v) is 7.88. The molecule has 0 saturated heterocycles. The molecule has 20 heavy (non-hydrogen) atoms. The SMILES string of the molecule is CCCCc1ccc(OCC(C)(C)CNC(C)C)cc1. The number of ether oxygens (including phenoxy) is 1. The standard InChI is InChI=1S/C18H31NO/c1-6-7-8-16-9-11-17(12-10-16)20-14-18(4,5)13-19-15(2)3/h9-12,15,19H,6-8,13-14H2,1-5H3. The maximum absolute atomic E-state index is 5.92. The van der Waals surface area contributed by atoms with E-state index in [-0.39, 0.29) is 5.41 Å². The predicted molar refractivity (Wildman–Crippen MR) is 87.5 cm³/mol. The predicted octanol–water partition coefficient (Wildman–Crippen LogP) is 4.43. The number of aryl methyl sites for hydroxylation is 1. The second-order valence-corrected chi connectivity index (χ2v) is 6.74. The summed E-state index contributed by atoms with van der Waals surface area (Å²) in [6, 6.07) is 9.08. The normalized spacial score (nSPS) is 11.9. The molecule has 2 nitrogen and oxygen atoms in total. The third-order valence-corrected chi connectivity index (χ3v) is 3.36. The second-order valence-electron chi connectivity index (χ2n) is 6.74. The van der Waals surface area contributed by atoms with E-state index >= 15 is 0 Å². The van der Waals surface area contributed by atoms with E-state index in [2.05, 4.69) is 64.2 Å². The summed E-state index contributed by atoms with van der Waals surface area (Å²) in [6.45, 7) is 12.7. The Morgan fingerprint density at radius 2 is 1.80 bits per heavy atom. The van der Waals surface area contributed by atoms with Crippen molar-refractivity contribution in [1.29, 1.82) is 0 Å². The smallest absolute Gasteiger partial charge is 0.119 e. The van der Waals surface area contributed by atoms with Crippen LogP contribution < -0.4 is 10.1 Å². The van der Waals surface area contributed by atoms with E-state index in [0.717, 1.165) is 18.9 Å². The van der Waals surface area contributed by atoms with E-state index in [9.17, 15) is 0 Å². The Morgan fingerprint density at radius 1 is 1.15 bits per heavy atom. The topological polar surface area (TPSA) is 21.3 Å². The van der Waals surface area contributed by atoms with Gasteiger partial charge in [-0.3, -0.25) is 0 Å². The first kappa shape index (κ1) is 17.0.